The molecular formula is C14H17N5O2. The molecule has 1 aromatic carbocycles. The lowest BCUT2D eigenvalue weighted by Gasteiger charge is -2.09. The van der Waals surface area contributed by atoms with Gasteiger partial charge in [0.1, 0.15) is 11.5 Å². The number of nitrogens with one attached hydrogen (secondary N) is 3. The molecule has 0 aliphatic heterocycles. The Bertz CT molecular complexity index is 646. The molecule has 0 aliphatic rings. The maximum absolute atomic E-state index is 11.9. The van der Waals surface area contributed by atoms with Gasteiger partial charge < -0.3 is 16.4 Å². The van der Waals surface area contributed by atoms with E-state index in [-0.39, 0.29) is 29.4 Å². The molecule has 0 fully saturated rings. The normalized spacial score (nSPS) is 10.4. The number of carbonyl (C=O) groups is 2. The topological polar surface area (TPSA) is 113 Å². The van der Waals surface area contributed by atoms with Gasteiger partial charge >= 0.3 is 0 Å². The molecule has 0 bridgehead atoms. The summed E-state index contributed by atoms with van der Waals surface area (Å²) < 4.78 is 0. The standard InChI is InChI=1S/C14H17N5O2/c1-8(2)16-13(20)9-3-5-10(6-4-9)17-14(21)11-7-12(15)19-18-11/h3-8H,1-2H3,(H,16,20)(H,17,21)(H3,15,18,19). The molecule has 0 spiro atoms. The number of nitrogen functional groups attached to an aromatic ring is 1. The number of H-pyrrole nitrogens is 1. The molecule has 0 aliphatic carbocycles. The van der Waals surface area contributed by atoms with E-state index in [0.29, 0.717) is 11.3 Å². The van der Waals surface area contributed by atoms with Crippen LogP contribution in [0.5, 0.6) is 0 Å². The van der Waals surface area contributed by atoms with Crippen LogP contribution in [0.4, 0.5) is 11.5 Å². The fourth-order valence-corrected chi connectivity index (χ4v) is 1.70. The van der Waals surface area contributed by atoms with Crippen LogP contribution >= 0.6 is 0 Å². The Morgan fingerprint density at radius 1 is 1.19 bits per heavy atom. The second-order valence-electron chi connectivity index (χ2n) is 4.87. The summed E-state index contributed by atoms with van der Waals surface area (Å²) in [6.07, 6.45) is 0. The van der Waals surface area contributed by atoms with Gasteiger partial charge in [0.15, 0.2) is 0 Å². The van der Waals surface area contributed by atoms with Gasteiger partial charge in [0.25, 0.3) is 11.8 Å². The number of carbonyl (C=O) groups excluding carboxylic acids is 2. The van der Waals surface area contributed by atoms with E-state index in [1.807, 2.05) is 13.8 Å². The summed E-state index contributed by atoms with van der Waals surface area (Å²) in [6, 6.07) is 8.13. The van der Waals surface area contributed by atoms with Crippen LogP contribution in [0.15, 0.2) is 30.3 Å². The molecule has 0 radical (unpaired) electrons. The number of benzene rings is 1. The Hall–Kier alpha value is -2.83. The van der Waals surface area contributed by atoms with E-state index in [2.05, 4.69) is 20.8 Å². The summed E-state index contributed by atoms with van der Waals surface area (Å²) in [5.74, 6) is -0.247. The molecule has 2 rings (SSSR count). The molecule has 5 N–H and O–H groups in total. The van der Waals surface area contributed by atoms with E-state index in [4.69, 9.17) is 5.73 Å². The Kier molecular flexibility index (Phi) is 4.22. The van der Waals surface area contributed by atoms with Gasteiger partial charge in [-0.2, -0.15) is 5.10 Å². The third kappa shape index (κ3) is 3.82. The van der Waals surface area contributed by atoms with Crippen LogP contribution in [0.2, 0.25) is 0 Å². The van der Waals surface area contributed by atoms with Gasteiger partial charge in [-0.25, -0.2) is 0 Å². The Balaban J connectivity index is 2.02. The Morgan fingerprint density at radius 3 is 2.38 bits per heavy atom. The maximum Gasteiger partial charge on any atom is 0.273 e. The van der Waals surface area contributed by atoms with Gasteiger partial charge in [0, 0.05) is 23.4 Å². The summed E-state index contributed by atoms with van der Waals surface area (Å²) in [5, 5.41) is 11.7. The molecule has 2 amide bonds. The van der Waals surface area contributed by atoms with E-state index in [9.17, 15) is 9.59 Å². The molecule has 1 heterocycles. The molecule has 0 atom stereocenters. The molecule has 0 unspecified atom stereocenters. The average molecular weight is 287 g/mol. The van der Waals surface area contributed by atoms with Gasteiger partial charge in [-0.1, -0.05) is 0 Å². The minimum absolute atomic E-state index is 0.0720. The second-order valence-corrected chi connectivity index (χ2v) is 4.87. The first-order valence-corrected chi connectivity index (χ1v) is 6.49. The predicted octanol–water partition coefficient (Wildman–Crippen LogP) is 1.38. The average Bonchev–Trinajstić information content (AvgIpc) is 2.85. The van der Waals surface area contributed by atoms with E-state index in [1.54, 1.807) is 24.3 Å². The highest BCUT2D eigenvalue weighted by Crippen LogP contribution is 2.11. The number of nitrogens with two attached hydrogens (primary N) is 1. The van der Waals surface area contributed by atoms with Crippen molar-refractivity contribution in [2.75, 3.05) is 11.1 Å². The molecular weight excluding hydrogens is 270 g/mol. The number of rotatable bonds is 4. The number of nitrogens with zero attached hydrogens (tertiary/aromatic N) is 1. The SMILES string of the molecule is CC(C)NC(=O)c1ccc(NC(=O)c2cc(N)n[nH]2)cc1. The molecule has 0 saturated carbocycles. The van der Waals surface area contributed by atoms with Gasteiger partial charge in [-0.3, -0.25) is 14.7 Å². The third-order valence-corrected chi connectivity index (χ3v) is 2.67. The molecule has 110 valence electrons. The molecule has 7 nitrogen and oxygen atoms in total. The lowest BCUT2D eigenvalue weighted by molar-refractivity contribution is 0.0942. The first-order chi connectivity index (χ1) is 9.95. The minimum atomic E-state index is -0.349. The van der Waals surface area contributed by atoms with Crippen molar-refractivity contribution in [3.63, 3.8) is 0 Å². The molecule has 1 aromatic heterocycles. The lowest BCUT2D eigenvalue weighted by Crippen LogP contribution is -2.30. The molecule has 0 saturated heterocycles. The second kappa shape index (κ2) is 6.08. The summed E-state index contributed by atoms with van der Waals surface area (Å²) in [7, 11) is 0. The monoisotopic (exact) mass is 287 g/mol. The highest BCUT2D eigenvalue weighted by Gasteiger charge is 2.10. The number of anilines is 2. The summed E-state index contributed by atoms with van der Waals surface area (Å²) >= 11 is 0. The quantitative estimate of drug-likeness (QED) is 0.680. The fourth-order valence-electron chi connectivity index (χ4n) is 1.70. The number of hydrogen-bond acceptors (Lipinski definition) is 4. The van der Waals surface area contributed by atoms with Crippen LogP contribution in [0, 0.1) is 0 Å². The van der Waals surface area contributed by atoms with Crippen molar-refractivity contribution in [3.8, 4) is 0 Å². The van der Waals surface area contributed by atoms with Crippen molar-refractivity contribution in [1.82, 2.24) is 15.5 Å². The van der Waals surface area contributed by atoms with Crippen molar-refractivity contribution in [2.45, 2.75) is 19.9 Å². The minimum Gasteiger partial charge on any atom is -0.382 e. The van der Waals surface area contributed by atoms with E-state index in [1.165, 1.54) is 6.07 Å². The van der Waals surface area contributed by atoms with Crippen molar-refractivity contribution < 1.29 is 9.59 Å². The van der Waals surface area contributed by atoms with Crippen LogP contribution in [0.25, 0.3) is 0 Å². The highest BCUT2D eigenvalue weighted by molar-refractivity contribution is 6.03. The van der Waals surface area contributed by atoms with Gasteiger partial charge in [-0.05, 0) is 38.1 Å². The fraction of sp³-hybridized carbons (Fsp3) is 0.214. The highest BCUT2D eigenvalue weighted by atomic mass is 16.2. The van der Waals surface area contributed by atoms with E-state index in [0.717, 1.165) is 0 Å². The number of hydrogen-bond donors (Lipinski definition) is 4. The van der Waals surface area contributed by atoms with Crippen LogP contribution in [-0.4, -0.2) is 28.1 Å². The van der Waals surface area contributed by atoms with E-state index < -0.39 is 0 Å². The number of amides is 2. The first-order valence-electron chi connectivity index (χ1n) is 6.49. The van der Waals surface area contributed by atoms with Crippen LogP contribution in [0.3, 0.4) is 0 Å². The summed E-state index contributed by atoms with van der Waals surface area (Å²) in [6.45, 7) is 3.78. The van der Waals surface area contributed by atoms with Crippen LogP contribution < -0.4 is 16.4 Å². The predicted molar refractivity (Wildman–Crippen MR) is 80.0 cm³/mol. The van der Waals surface area contributed by atoms with Crippen LogP contribution in [-0.2, 0) is 0 Å². The van der Waals surface area contributed by atoms with E-state index >= 15 is 0 Å². The Labute approximate surface area is 121 Å². The van der Waals surface area contributed by atoms with Gasteiger partial charge in [-0.15, -0.1) is 0 Å². The lowest BCUT2D eigenvalue weighted by atomic mass is 10.2. The zero-order valence-electron chi connectivity index (χ0n) is 11.8. The third-order valence-electron chi connectivity index (χ3n) is 2.67. The summed E-state index contributed by atoms with van der Waals surface area (Å²) in [5.41, 5.74) is 6.82. The largest absolute Gasteiger partial charge is 0.382 e. The van der Waals surface area contributed by atoms with Crippen molar-refractivity contribution in [3.05, 3.63) is 41.6 Å². The molecule has 7 heteroatoms. The zero-order chi connectivity index (χ0) is 15.4. The first kappa shape index (κ1) is 14.6. The molecule has 21 heavy (non-hydrogen) atoms. The van der Waals surface area contributed by atoms with Gasteiger partial charge in [0.2, 0.25) is 0 Å². The van der Waals surface area contributed by atoms with Crippen molar-refractivity contribution >= 4 is 23.3 Å². The molecule has 2 aromatic rings. The van der Waals surface area contributed by atoms with Gasteiger partial charge in [0.05, 0.1) is 0 Å². The smallest absolute Gasteiger partial charge is 0.273 e. The zero-order valence-corrected chi connectivity index (χ0v) is 11.8. The number of aromatic amines is 1. The maximum atomic E-state index is 11.9. The Morgan fingerprint density at radius 2 is 1.86 bits per heavy atom. The summed E-state index contributed by atoms with van der Waals surface area (Å²) in [4.78, 5) is 23.7. The number of aromatic nitrogens is 2. The van der Waals surface area contributed by atoms with Crippen LogP contribution in [0.1, 0.15) is 34.7 Å². The van der Waals surface area contributed by atoms with Crippen molar-refractivity contribution in [2.24, 2.45) is 0 Å². The van der Waals surface area contributed by atoms with Crippen molar-refractivity contribution in [1.29, 1.82) is 0 Å².